The average Bonchev–Trinajstić information content (AvgIpc) is 1.93. The molecule has 0 saturated heterocycles. The lowest BCUT2D eigenvalue weighted by Gasteiger charge is -1.94. The predicted octanol–water partition coefficient (Wildman–Crippen LogP) is 0.243. The lowest BCUT2D eigenvalue weighted by atomic mass is 10.3. The van der Waals surface area contributed by atoms with E-state index in [0.717, 1.165) is 12.5 Å². The van der Waals surface area contributed by atoms with Crippen molar-refractivity contribution in [2.45, 2.75) is 6.42 Å². The van der Waals surface area contributed by atoms with Crippen LogP contribution in [0.15, 0.2) is 12.5 Å². The Bertz CT molecular complexity index is 277. The summed E-state index contributed by atoms with van der Waals surface area (Å²) in [4.78, 5) is 16.9. The molecule has 1 N–H and O–H groups in total. The molecule has 4 nitrogen and oxygen atoms in total. The summed E-state index contributed by atoms with van der Waals surface area (Å²) in [6.45, 7) is 0. The SMILES string of the molecule is O=C(O)Cc1ncncc1F. The lowest BCUT2D eigenvalue weighted by molar-refractivity contribution is -0.136. The largest absolute Gasteiger partial charge is 0.481 e. The van der Waals surface area contributed by atoms with Gasteiger partial charge in [-0.15, -0.1) is 0 Å². The van der Waals surface area contributed by atoms with E-state index in [1.165, 1.54) is 0 Å². The van der Waals surface area contributed by atoms with Crippen molar-refractivity contribution in [3.63, 3.8) is 0 Å². The van der Waals surface area contributed by atoms with Crippen molar-refractivity contribution < 1.29 is 14.3 Å². The van der Waals surface area contributed by atoms with Gasteiger partial charge in [-0.3, -0.25) is 4.79 Å². The molecule has 11 heavy (non-hydrogen) atoms. The van der Waals surface area contributed by atoms with Crippen molar-refractivity contribution in [3.05, 3.63) is 24.0 Å². The molecule has 0 bridgehead atoms. The first-order valence-corrected chi connectivity index (χ1v) is 2.86. The normalized spacial score (nSPS) is 9.55. The van der Waals surface area contributed by atoms with Gasteiger partial charge in [0.05, 0.1) is 18.3 Å². The summed E-state index contributed by atoms with van der Waals surface area (Å²) in [5.74, 6) is -1.79. The Hall–Kier alpha value is -1.52. The molecular formula is C6H5FN2O2. The number of hydrogen-bond donors (Lipinski definition) is 1. The van der Waals surface area contributed by atoms with Gasteiger partial charge < -0.3 is 5.11 Å². The topological polar surface area (TPSA) is 63.1 Å². The zero-order valence-corrected chi connectivity index (χ0v) is 5.49. The number of carbonyl (C=O) groups is 1. The predicted molar refractivity (Wildman–Crippen MR) is 33.3 cm³/mol. The second-order valence-electron chi connectivity index (χ2n) is 1.89. The monoisotopic (exact) mass is 156 g/mol. The van der Waals surface area contributed by atoms with E-state index >= 15 is 0 Å². The molecule has 0 spiro atoms. The van der Waals surface area contributed by atoms with E-state index in [4.69, 9.17) is 5.11 Å². The standard InChI is InChI=1S/C6H5FN2O2/c7-4-2-8-3-9-5(4)1-6(10)11/h2-3H,1H2,(H,10,11). The first-order chi connectivity index (χ1) is 5.20. The fraction of sp³-hybridized carbons (Fsp3) is 0.167. The van der Waals surface area contributed by atoms with Crippen LogP contribution in [0.25, 0.3) is 0 Å². The smallest absolute Gasteiger partial charge is 0.309 e. The van der Waals surface area contributed by atoms with Gasteiger partial charge >= 0.3 is 5.97 Å². The van der Waals surface area contributed by atoms with Crippen LogP contribution in [0.2, 0.25) is 0 Å². The molecule has 1 heterocycles. The van der Waals surface area contributed by atoms with Crippen LogP contribution in [0.3, 0.4) is 0 Å². The van der Waals surface area contributed by atoms with Crippen LogP contribution in [0, 0.1) is 5.82 Å². The molecule has 1 aromatic rings. The quantitative estimate of drug-likeness (QED) is 0.666. The van der Waals surface area contributed by atoms with Crippen LogP contribution in [0.1, 0.15) is 5.69 Å². The molecule has 0 radical (unpaired) electrons. The van der Waals surface area contributed by atoms with Gasteiger partial charge in [0.1, 0.15) is 6.33 Å². The van der Waals surface area contributed by atoms with Crippen molar-refractivity contribution in [3.8, 4) is 0 Å². The molecule has 0 aromatic carbocycles. The summed E-state index contributed by atoms with van der Waals surface area (Å²) in [5, 5.41) is 8.26. The number of rotatable bonds is 2. The molecule has 0 unspecified atom stereocenters. The lowest BCUT2D eigenvalue weighted by Crippen LogP contribution is -2.04. The van der Waals surface area contributed by atoms with Crippen LogP contribution < -0.4 is 0 Å². The fourth-order valence-corrected chi connectivity index (χ4v) is 0.611. The van der Waals surface area contributed by atoms with E-state index in [1.807, 2.05) is 0 Å². The van der Waals surface area contributed by atoms with Gasteiger partial charge in [-0.2, -0.15) is 0 Å². The van der Waals surface area contributed by atoms with E-state index in [9.17, 15) is 9.18 Å². The zero-order valence-electron chi connectivity index (χ0n) is 5.49. The number of carboxylic acid groups (broad SMARTS) is 1. The number of hydrogen-bond acceptors (Lipinski definition) is 3. The highest BCUT2D eigenvalue weighted by molar-refractivity contribution is 5.69. The van der Waals surface area contributed by atoms with Crippen LogP contribution >= 0.6 is 0 Å². The molecule has 1 rings (SSSR count). The maximum atomic E-state index is 12.6. The second-order valence-corrected chi connectivity index (χ2v) is 1.89. The number of nitrogens with zero attached hydrogens (tertiary/aromatic N) is 2. The number of carboxylic acids is 1. The van der Waals surface area contributed by atoms with Crippen molar-refractivity contribution in [2.75, 3.05) is 0 Å². The van der Waals surface area contributed by atoms with Crippen molar-refractivity contribution in [1.29, 1.82) is 0 Å². The Balaban J connectivity index is 2.86. The fourth-order valence-electron chi connectivity index (χ4n) is 0.611. The summed E-state index contributed by atoms with van der Waals surface area (Å²) in [5.41, 5.74) is -0.0903. The van der Waals surface area contributed by atoms with E-state index in [2.05, 4.69) is 9.97 Å². The van der Waals surface area contributed by atoms with E-state index in [1.54, 1.807) is 0 Å². The molecule has 0 fully saturated rings. The van der Waals surface area contributed by atoms with E-state index < -0.39 is 18.2 Å². The molecule has 58 valence electrons. The molecule has 0 aliphatic rings. The van der Waals surface area contributed by atoms with Gasteiger partial charge in [0.25, 0.3) is 0 Å². The van der Waals surface area contributed by atoms with Crippen molar-refractivity contribution in [1.82, 2.24) is 9.97 Å². The minimum absolute atomic E-state index is 0.0903. The number of aliphatic carboxylic acids is 1. The second kappa shape index (κ2) is 3.05. The van der Waals surface area contributed by atoms with Crippen LogP contribution in [0.5, 0.6) is 0 Å². The minimum atomic E-state index is -1.11. The third-order valence-corrected chi connectivity index (χ3v) is 1.06. The highest BCUT2D eigenvalue weighted by Gasteiger charge is 2.06. The molecule has 1 aromatic heterocycles. The molecule has 5 heteroatoms. The number of aromatic nitrogens is 2. The molecular weight excluding hydrogens is 151 g/mol. The van der Waals surface area contributed by atoms with E-state index in [-0.39, 0.29) is 5.69 Å². The Morgan fingerprint density at radius 1 is 1.73 bits per heavy atom. The summed E-state index contributed by atoms with van der Waals surface area (Å²) < 4.78 is 12.6. The van der Waals surface area contributed by atoms with Gasteiger partial charge in [-0.25, -0.2) is 14.4 Å². The van der Waals surface area contributed by atoms with Crippen LogP contribution in [0.4, 0.5) is 4.39 Å². The summed E-state index contributed by atoms with van der Waals surface area (Å²) >= 11 is 0. The van der Waals surface area contributed by atoms with Gasteiger partial charge in [0.15, 0.2) is 5.82 Å². The minimum Gasteiger partial charge on any atom is -0.481 e. The Morgan fingerprint density at radius 3 is 3.00 bits per heavy atom. The highest BCUT2D eigenvalue weighted by atomic mass is 19.1. The Morgan fingerprint density at radius 2 is 2.45 bits per heavy atom. The average molecular weight is 156 g/mol. The third kappa shape index (κ3) is 1.96. The molecule has 0 aliphatic heterocycles. The van der Waals surface area contributed by atoms with Gasteiger partial charge in [0.2, 0.25) is 0 Å². The number of halogens is 1. The third-order valence-electron chi connectivity index (χ3n) is 1.06. The molecule has 0 amide bonds. The summed E-state index contributed by atoms with van der Waals surface area (Å²) in [6, 6.07) is 0. The van der Waals surface area contributed by atoms with Gasteiger partial charge in [0, 0.05) is 0 Å². The zero-order chi connectivity index (χ0) is 8.27. The Labute approximate surface area is 61.7 Å². The maximum absolute atomic E-state index is 12.6. The first-order valence-electron chi connectivity index (χ1n) is 2.86. The van der Waals surface area contributed by atoms with E-state index in [0.29, 0.717) is 0 Å². The van der Waals surface area contributed by atoms with Crippen LogP contribution in [-0.2, 0) is 11.2 Å². The van der Waals surface area contributed by atoms with Gasteiger partial charge in [-0.1, -0.05) is 0 Å². The highest BCUT2D eigenvalue weighted by Crippen LogP contribution is 2.00. The van der Waals surface area contributed by atoms with Gasteiger partial charge in [-0.05, 0) is 0 Å². The summed E-state index contributed by atoms with van der Waals surface area (Å²) in [6.07, 6.45) is 1.64. The molecule has 0 atom stereocenters. The maximum Gasteiger partial charge on any atom is 0.309 e. The van der Waals surface area contributed by atoms with Crippen molar-refractivity contribution in [2.24, 2.45) is 0 Å². The first kappa shape index (κ1) is 7.59. The Kier molecular flexibility index (Phi) is 2.10. The molecule has 0 saturated carbocycles. The van der Waals surface area contributed by atoms with Crippen molar-refractivity contribution >= 4 is 5.97 Å². The molecule has 0 aliphatic carbocycles. The van der Waals surface area contributed by atoms with Crippen LogP contribution in [-0.4, -0.2) is 21.0 Å². The summed E-state index contributed by atoms with van der Waals surface area (Å²) in [7, 11) is 0.